The van der Waals surface area contributed by atoms with Crippen molar-refractivity contribution < 1.29 is 14.6 Å². The first-order chi connectivity index (χ1) is 7.58. The molecule has 1 aromatic carbocycles. The van der Waals surface area contributed by atoms with Gasteiger partial charge in [0, 0.05) is 17.2 Å². The number of methoxy groups -OCH3 is 1. The van der Waals surface area contributed by atoms with Crippen LogP contribution in [-0.2, 0) is 6.61 Å². The van der Waals surface area contributed by atoms with E-state index in [4.69, 9.17) is 9.84 Å². The molecule has 4 nitrogen and oxygen atoms in total. The summed E-state index contributed by atoms with van der Waals surface area (Å²) in [5, 5.41) is 11.8. The number of ether oxygens (including phenoxy) is 1. The normalized spacial score (nSPS) is 10.3. The fourth-order valence-electron chi connectivity index (χ4n) is 1.36. The third kappa shape index (κ3) is 2.97. The predicted octanol–water partition coefficient (Wildman–Crippen LogP) is 1.33. The van der Waals surface area contributed by atoms with Crippen molar-refractivity contribution in [3.63, 3.8) is 0 Å². The molecule has 0 heterocycles. The van der Waals surface area contributed by atoms with Gasteiger partial charge in [-0.3, -0.25) is 4.79 Å². The molecule has 0 radical (unpaired) electrons. The lowest BCUT2D eigenvalue weighted by atomic mass is 10.1. The Balaban J connectivity index is 2.94. The first-order valence-corrected chi connectivity index (χ1v) is 5.17. The summed E-state index contributed by atoms with van der Waals surface area (Å²) in [6.45, 7) is 3.70. The minimum atomic E-state index is -0.141. The highest BCUT2D eigenvalue weighted by molar-refractivity contribution is 5.94. The van der Waals surface area contributed by atoms with Gasteiger partial charge < -0.3 is 15.2 Å². The van der Waals surface area contributed by atoms with Gasteiger partial charge in [-0.2, -0.15) is 0 Å². The van der Waals surface area contributed by atoms with Gasteiger partial charge in [-0.1, -0.05) is 6.07 Å². The summed E-state index contributed by atoms with van der Waals surface area (Å²) in [6, 6.07) is 5.08. The van der Waals surface area contributed by atoms with E-state index >= 15 is 0 Å². The lowest BCUT2D eigenvalue weighted by molar-refractivity contribution is 0.0942. The summed E-state index contributed by atoms with van der Waals surface area (Å²) in [5.41, 5.74) is 1.20. The molecule has 0 saturated carbocycles. The van der Waals surface area contributed by atoms with Crippen LogP contribution in [0, 0.1) is 0 Å². The number of nitrogens with one attached hydrogen (secondary N) is 1. The minimum Gasteiger partial charge on any atom is -0.496 e. The number of benzene rings is 1. The third-order valence-electron chi connectivity index (χ3n) is 2.14. The molecule has 0 aliphatic rings. The Kier molecular flexibility index (Phi) is 4.31. The van der Waals surface area contributed by atoms with Crippen LogP contribution in [0.15, 0.2) is 18.2 Å². The Morgan fingerprint density at radius 1 is 1.50 bits per heavy atom. The first kappa shape index (κ1) is 12.5. The second kappa shape index (κ2) is 5.51. The largest absolute Gasteiger partial charge is 0.496 e. The van der Waals surface area contributed by atoms with E-state index in [1.165, 1.54) is 7.11 Å². The highest BCUT2D eigenvalue weighted by Crippen LogP contribution is 2.20. The van der Waals surface area contributed by atoms with Crippen LogP contribution in [0.25, 0.3) is 0 Å². The van der Waals surface area contributed by atoms with Gasteiger partial charge >= 0.3 is 0 Å². The first-order valence-electron chi connectivity index (χ1n) is 5.17. The van der Waals surface area contributed by atoms with Gasteiger partial charge in [-0.05, 0) is 26.0 Å². The average Bonchev–Trinajstić information content (AvgIpc) is 2.27. The number of rotatable bonds is 4. The van der Waals surface area contributed by atoms with E-state index in [2.05, 4.69) is 5.32 Å². The van der Waals surface area contributed by atoms with Crippen LogP contribution in [-0.4, -0.2) is 24.2 Å². The monoisotopic (exact) mass is 223 g/mol. The molecule has 1 rings (SSSR count). The molecule has 1 aromatic rings. The number of carbonyl (C=O) groups is 1. The number of aliphatic hydroxyl groups excluding tert-OH is 1. The quantitative estimate of drug-likeness (QED) is 0.809. The Bertz CT molecular complexity index is 375. The van der Waals surface area contributed by atoms with Crippen molar-refractivity contribution in [3.05, 3.63) is 29.3 Å². The molecule has 0 atom stereocenters. The van der Waals surface area contributed by atoms with Crippen LogP contribution in [0.1, 0.15) is 29.8 Å². The van der Waals surface area contributed by atoms with Crippen molar-refractivity contribution in [3.8, 4) is 5.75 Å². The van der Waals surface area contributed by atoms with Crippen LogP contribution in [0.5, 0.6) is 5.75 Å². The van der Waals surface area contributed by atoms with Crippen molar-refractivity contribution in [2.75, 3.05) is 7.11 Å². The molecule has 0 saturated heterocycles. The summed E-state index contributed by atoms with van der Waals surface area (Å²) < 4.78 is 5.09. The summed E-state index contributed by atoms with van der Waals surface area (Å²) in [4.78, 5) is 11.7. The van der Waals surface area contributed by atoms with Crippen molar-refractivity contribution in [2.45, 2.75) is 26.5 Å². The lowest BCUT2D eigenvalue weighted by Gasteiger charge is -2.11. The second-order valence-electron chi connectivity index (χ2n) is 3.81. The zero-order valence-corrected chi connectivity index (χ0v) is 9.78. The standard InChI is InChI=1S/C12H17NO3/c1-8(2)13-12(15)9-4-5-10(7-14)11(6-9)16-3/h4-6,8,14H,7H2,1-3H3,(H,13,15). The summed E-state index contributed by atoms with van der Waals surface area (Å²) in [6.07, 6.45) is 0. The van der Waals surface area contributed by atoms with Gasteiger partial charge in [0.2, 0.25) is 0 Å². The average molecular weight is 223 g/mol. The topological polar surface area (TPSA) is 58.6 Å². The molecule has 4 heteroatoms. The SMILES string of the molecule is COc1cc(C(=O)NC(C)C)ccc1CO. The van der Waals surface area contributed by atoms with Crippen LogP contribution in [0.2, 0.25) is 0 Å². The van der Waals surface area contributed by atoms with E-state index < -0.39 is 0 Å². The Labute approximate surface area is 95.2 Å². The molecular formula is C12H17NO3. The van der Waals surface area contributed by atoms with Gasteiger partial charge in [0.05, 0.1) is 13.7 Å². The van der Waals surface area contributed by atoms with Crippen molar-refractivity contribution in [1.82, 2.24) is 5.32 Å². The number of aliphatic hydroxyl groups is 1. The zero-order chi connectivity index (χ0) is 12.1. The molecule has 0 aromatic heterocycles. The lowest BCUT2D eigenvalue weighted by Crippen LogP contribution is -2.30. The smallest absolute Gasteiger partial charge is 0.251 e. The maximum absolute atomic E-state index is 11.7. The molecule has 0 aliphatic heterocycles. The highest BCUT2D eigenvalue weighted by atomic mass is 16.5. The van der Waals surface area contributed by atoms with E-state index in [1.807, 2.05) is 13.8 Å². The molecule has 1 amide bonds. The predicted molar refractivity (Wildman–Crippen MR) is 61.5 cm³/mol. The number of hydrogen-bond acceptors (Lipinski definition) is 3. The molecule has 88 valence electrons. The molecule has 0 bridgehead atoms. The van der Waals surface area contributed by atoms with Gasteiger partial charge in [-0.15, -0.1) is 0 Å². The molecule has 16 heavy (non-hydrogen) atoms. The highest BCUT2D eigenvalue weighted by Gasteiger charge is 2.10. The molecule has 0 spiro atoms. The second-order valence-corrected chi connectivity index (χ2v) is 3.81. The molecule has 0 fully saturated rings. The molecule has 0 aliphatic carbocycles. The molecule has 2 N–H and O–H groups in total. The van der Waals surface area contributed by atoms with Gasteiger partial charge in [-0.25, -0.2) is 0 Å². The van der Waals surface area contributed by atoms with Crippen LogP contribution in [0.4, 0.5) is 0 Å². The molecule has 0 unspecified atom stereocenters. The van der Waals surface area contributed by atoms with Crippen LogP contribution in [0.3, 0.4) is 0 Å². The van der Waals surface area contributed by atoms with Crippen molar-refractivity contribution >= 4 is 5.91 Å². The van der Waals surface area contributed by atoms with E-state index in [1.54, 1.807) is 18.2 Å². The van der Waals surface area contributed by atoms with Crippen molar-refractivity contribution in [2.24, 2.45) is 0 Å². The summed E-state index contributed by atoms with van der Waals surface area (Å²) in [7, 11) is 1.51. The Morgan fingerprint density at radius 3 is 2.69 bits per heavy atom. The fourth-order valence-corrected chi connectivity index (χ4v) is 1.36. The summed E-state index contributed by atoms with van der Waals surface area (Å²) >= 11 is 0. The molecular weight excluding hydrogens is 206 g/mol. The van der Waals surface area contributed by atoms with Crippen LogP contribution >= 0.6 is 0 Å². The van der Waals surface area contributed by atoms with Crippen molar-refractivity contribution in [1.29, 1.82) is 0 Å². The maximum atomic E-state index is 11.7. The number of amides is 1. The van der Waals surface area contributed by atoms with Crippen LogP contribution < -0.4 is 10.1 Å². The van der Waals surface area contributed by atoms with E-state index in [-0.39, 0.29) is 18.6 Å². The zero-order valence-electron chi connectivity index (χ0n) is 9.78. The Morgan fingerprint density at radius 2 is 2.19 bits per heavy atom. The number of hydrogen-bond donors (Lipinski definition) is 2. The van der Waals surface area contributed by atoms with Gasteiger partial charge in [0.15, 0.2) is 0 Å². The van der Waals surface area contributed by atoms with E-state index in [9.17, 15) is 4.79 Å². The number of carbonyl (C=O) groups excluding carboxylic acids is 1. The minimum absolute atomic E-state index is 0.0935. The summed E-state index contributed by atoms with van der Waals surface area (Å²) in [5.74, 6) is 0.386. The van der Waals surface area contributed by atoms with E-state index in [0.717, 1.165) is 0 Å². The Hall–Kier alpha value is -1.55. The maximum Gasteiger partial charge on any atom is 0.251 e. The fraction of sp³-hybridized carbons (Fsp3) is 0.417. The third-order valence-corrected chi connectivity index (χ3v) is 2.14. The van der Waals surface area contributed by atoms with E-state index in [0.29, 0.717) is 16.9 Å². The van der Waals surface area contributed by atoms with Gasteiger partial charge in [0.1, 0.15) is 5.75 Å². The van der Waals surface area contributed by atoms with Gasteiger partial charge in [0.25, 0.3) is 5.91 Å².